The molecule has 1 N–H and O–H groups in total. The van der Waals surface area contributed by atoms with Crippen LogP contribution in [0.25, 0.3) is 27.8 Å². The van der Waals surface area contributed by atoms with E-state index in [9.17, 15) is 0 Å². The number of rotatable bonds is 6. The molecule has 0 atom stereocenters. The Morgan fingerprint density at radius 2 is 1.78 bits per heavy atom. The monoisotopic (exact) mass is 376 g/mol. The molecule has 0 aliphatic rings. The van der Waals surface area contributed by atoms with E-state index < -0.39 is 0 Å². The maximum absolute atomic E-state index is 6.07. The van der Waals surface area contributed by atoms with Crippen LogP contribution in [-0.4, -0.2) is 21.1 Å². The third-order valence-electron chi connectivity index (χ3n) is 4.60. The lowest BCUT2D eigenvalue weighted by molar-refractivity contribution is 0.831. The number of aromatic nitrogens is 3. The number of nitrogens with zero attached hydrogens (tertiary/aromatic N) is 3. The minimum atomic E-state index is 0.718. The number of fused-ring (bicyclic) bond motifs is 1. The number of benzene rings is 2. The molecule has 0 fully saturated rings. The topological polar surface area (TPSA) is 42.7 Å². The van der Waals surface area contributed by atoms with Gasteiger partial charge in [-0.1, -0.05) is 55.3 Å². The van der Waals surface area contributed by atoms with E-state index in [4.69, 9.17) is 11.6 Å². The van der Waals surface area contributed by atoms with E-state index in [1.807, 2.05) is 30.3 Å². The van der Waals surface area contributed by atoms with Gasteiger partial charge in [-0.3, -0.25) is 0 Å². The lowest BCUT2D eigenvalue weighted by atomic mass is 10.1. The summed E-state index contributed by atoms with van der Waals surface area (Å²) in [6.45, 7) is 3.08. The molecule has 0 saturated carbocycles. The van der Waals surface area contributed by atoms with E-state index in [2.05, 4.69) is 57.2 Å². The van der Waals surface area contributed by atoms with Gasteiger partial charge in [0.15, 0.2) is 5.65 Å². The van der Waals surface area contributed by atoms with E-state index in [0.717, 1.165) is 58.1 Å². The first-order valence-corrected chi connectivity index (χ1v) is 9.57. The summed E-state index contributed by atoms with van der Waals surface area (Å²) in [6, 6.07) is 18.2. The highest BCUT2D eigenvalue weighted by molar-refractivity contribution is 6.30. The number of hydrogen-bond donors (Lipinski definition) is 1. The number of anilines is 1. The lowest BCUT2D eigenvalue weighted by Gasteiger charge is -2.08. The molecule has 0 aliphatic carbocycles. The van der Waals surface area contributed by atoms with E-state index in [0.29, 0.717) is 0 Å². The molecule has 0 saturated heterocycles. The van der Waals surface area contributed by atoms with Crippen molar-refractivity contribution in [1.82, 2.24) is 14.5 Å². The summed E-state index contributed by atoms with van der Waals surface area (Å²) >= 11 is 6.07. The largest absolute Gasteiger partial charge is 0.369 e. The second kappa shape index (κ2) is 7.80. The van der Waals surface area contributed by atoms with E-state index in [1.165, 1.54) is 0 Å². The van der Waals surface area contributed by atoms with Gasteiger partial charge in [-0.05, 0) is 36.2 Å². The van der Waals surface area contributed by atoms with Crippen LogP contribution in [0.2, 0.25) is 5.02 Å². The van der Waals surface area contributed by atoms with Gasteiger partial charge in [-0.2, -0.15) is 0 Å². The van der Waals surface area contributed by atoms with Crippen molar-refractivity contribution in [2.24, 2.45) is 0 Å². The summed E-state index contributed by atoms with van der Waals surface area (Å²) in [7, 11) is 0. The highest BCUT2D eigenvalue weighted by atomic mass is 35.5. The first-order chi connectivity index (χ1) is 13.3. The van der Waals surface area contributed by atoms with Crippen molar-refractivity contribution in [2.75, 3.05) is 11.9 Å². The molecule has 0 bridgehead atoms. The Bertz CT molecular complexity index is 1040. The molecule has 136 valence electrons. The van der Waals surface area contributed by atoms with Gasteiger partial charge in [0.2, 0.25) is 0 Å². The van der Waals surface area contributed by atoms with Crippen molar-refractivity contribution < 1.29 is 0 Å². The highest BCUT2D eigenvalue weighted by Crippen LogP contribution is 2.35. The van der Waals surface area contributed by atoms with Crippen molar-refractivity contribution in [2.45, 2.75) is 19.8 Å². The molecule has 0 unspecified atom stereocenters. The number of unbranched alkanes of at least 4 members (excludes halogenated alkanes) is 1. The molecule has 4 rings (SSSR count). The van der Waals surface area contributed by atoms with Gasteiger partial charge in [-0.15, -0.1) is 0 Å². The van der Waals surface area contributed by atoms with Crippen LogP contribution in [0.3, 0.4) is 0 Å². The maximum atomic E-state index is 6.07. The van der Waals surface area contributed by atoms with Crippen molar-refractivity contribution in [3.63, 3.8) is 0 Å². The minimum Gasteiger partial charge on any atom is -0.369 e. The molecule has 0 amide bonds. The molecule has 0 spiro atoms. The summed E-state index contributed by atoms with van der Waals surface area (Å²) in [5, 5.41) is 5.24. The fourth-order valence-electron chi connectivity index (χ4n) is 3.21. The smallest absolute Gasteiger partial charge is 0.150 e. The van der Waals surface area contributed by atoms with Crippen LogP contribution in [0.15, 0.2) is 67.1 Å². The number of nitrogens with one attached hydrogen (secondary N) is 1. The van der Waals surface area contributed by atoms with Crippen molar-refractivity contribution in [3.05, 3.63) is 72.1 Å². The van der Waals surface area contributed by atoms with Gasteiger partial charge in [-0.25, -0.2) is 9.97 Å². The highest BCUT2D eigenvalue weighted by Gasteiger charge is 2.17. The van der Waals surface area contributed by atoms with Gasteiger partial charge in [0.05, 0.1) is 5.39 Å². The predicted octanol–water partition coefficient (Wildman–Crippen LogP) is 5.95. The summed E-state index contributed by atoms with van der Waals surface area (Å²) in [5.74, 6) is 0.875. The van der Waals surface area contributed by atoms with Gasteiger partial charge in [0.25, 0.3) is 0 Å². The Labute approximate surface area is 163 Å². The van der Waals surface area contributed by atoms with Crippen LogP contribution in [0.4, 0.5) is 5.82 Å². The summed E-state index contributed by atoms with van der Waals surface area (Å²) in [5.41, 5.74) is 4.15. The third-order valence-corrected chi connectivity index (χ3v) is 4.85. The zero-order valence-electron chi connectivity index (χ0n) is 15.2. The summed E-state index contributed by atoms with van der Waals surface area (Å²) in [4.78, 5) is 9.12. The van der Waals surface area contributed by atoms with Gasteiger partial charge >= 0.3 is 0 Å². The first kappa shape index (κ1) is 17.6. The number of hydrogen-bond acceptors (Lipinski definition) is 3. The molecule has 0 radical (unpaired) electrons. The van der Waals surface area contributed by atoms with Gasteiger partial charge < -0.3 is 9.88 Å². The van der Waals surface area contributed by atoms with E-state index in [1.54, 1.807) is 6.33 Å². The fraction of sp³-hybridized carbons (Fsp3) is 0.182. The average Bonchev–Trinajstić information content (AvgIpc) is 3.10. The average molecular weight is 377 g/mol. The van der Waals surface area contributed by atoms with Crippen LogP contribution < -0.4 is 5.32 Å². The Kier molecular flexibility index (Phi) is 5.07. The second-order valence-electron chi connectivity index (χ2n) is 6.46. The molecule has 2 aromatic carbocycles. The predicted molar refractivity (Wildman–Crippen MR) is 113 cm³/mol. The van der Waals surface area contributed by atoms with Gasteiger partial charge in [0, 0.05) is 29.0 Å². The molecule has 4 aromatic rings. The molecule has 5 heteroatoms. The quantitative estimate of drug-likeness (QED) is 0.422. The van der Waals surface area contributed by atoms with Crippen LogP contribution in [0.5, 0.6) is 0 Å². The van der Waals surface area contributed by atoms with Crippen LogP contribution >= 0.6 is 11.6 Å². The van der Waals surface area contributed by atoms with Crippen molar-refractivity contribution in [3.8, 4) is 16.8 Å². The molecule has 27 heavy (non-hydrogen) atoms. The fourth-order valence-corrected chi connectivity index (χ4v) is 3.34. The normalized spacial score (nSPS) is 11.0. The Hall–Kier alpha value is -2.85. The standard InChI is InChI=1S/C22H21ClN4/c1-2-3-13-24-21-20-19(16-7-5-4-6-8-16)14-27(22(20)26-15-25-21)18-11-9-17(23)10-12-18/h4-12,14-15H,2-3,13H2,1H3,(H,24,25,26). The Balaban J connectivity index is 1.92. The zero-order valence-corrected chi connectivity index (χ0v) is 15.9. The van der Waals surface area contributed by atoms with Crippen molar-refractivity contribution in [1.29, 1.82) is 0 Å². The Morgan fingerprint density at radius 1 is 1.00 bits per heavy atom. The molecular formula is C22H21ClN4. The van der Waals surface area contributed by atoms with Crippen LogP contribution in [0.1, 0.15) is 19.8 Å². The summed E-state index contributed by atoms with van der Waals surface area (Å²) in [6.07, 6.45) is 5.99. The Morgan fingerprint density at radius 3 is 2.52 bits per heavy atom. The van der Waals surface area contributed by atoms with Gasteiger partial charge in [0.1, 0.15) is 12.1 Å². The molecule has 2 heterocycles. The van der Waals surface area contributed by atoms with Crippen LogP contribution in [0, 0.1) is 0 Å². The third kappa shape index (κ3) is 3.53. The summed E-state index contributed by atoms with van der Waals surface area (Å²) < 4.78 is 2.10. The number of halogens is 1. The van der Waals surface area contributed by atoms with E-state index >= 15 is 0 Å². The second-order valence-corrected chi connectivity index (χ2v) is 6.89. The zero-order chi connectivity index (χ0) is 18.6. The van der Waals surface area contributed by atoms with Crippen LogP contribution in [-0.2, 0) is 0 Å². The van der Waals surface area contributed by atoms with Crippen molar-refractivity contribution >= 4 is 28.5 Å². The minimum absolute atomic E-state index is 0.718. The molecular weight excluding hydrogens is 356 g/mol. The SMILES string of the molecule is CCCCNc1ncnc2c1c(-c1ccccc1)cn2-c1ccc(Cl)cc1. The lowest BCUT2D eigenvalue weighted by Crippen LogP contribution is -2.04. The maximum Gasteiger partial charge on any atom is 0.150 e. The molecule has 4 nitrogen and oxygen atoms in total. The first-order valence-electron chi connectivity index (χ1n) is 9.19. The molecule has 2 aromatic heterocycles. The van der Waals surface area contributed by atoms with E-state index in [-0.39, 0.29) is 0 Å². The molecule has 0 aliphatic heterocycles.